The Morgan fingerprint density at radius 2 is 0.479 bits per heavy atom. The Hall–Kier alpha value is -3.36. The Morgan fingerprint density at radius 1 is 0.271 bits per heavy atom. The van der Waals surface area contributed by atoms with Gasteiger partial charge in [-0.3, -0.25) is 0 Å². The molecule has 238 valence electrons. The number of hydrogen-bond donors (Lipinski definition) is 0. The maximum Gasteiger partial charge on any atom is 0.0449 e. The third-order valence-corrected chi connectivity index (χ3v) is 16.0. The van der Waals surface area contributed by atoms with Crippen molar-refractivity contribution in [2.45, 2.75) is 39.5 Å². The van der Waals surface area contributed by atoms with Gasteiger partial charge in [-0.25, -0.2) is 0 Å². The molecule has 0 nitrogen and oxygen atoms in total. The highest BCUT2D eigenvalue weighted by Crippen LogP contribution is 2.46. The summed E-state index contributed by atoms with van der Waals surface area (Å²) < 4.78 is 0. The van der Waals surface area contributed by atoms with Crippen LogP contribution in [0.15, 0.2) is 121 Å². The van der Waals surface area contributed by atoms with E-state index in [-0.39, 0.29) is 0 Å². The lowest BCUT2D eigenvalue weighted by Gasteiger charge is -2.01. The Bertz CT molecular complexity index is 2100. The first-order valence-corrected chi connectivity index (χ1v) is 21.3. The van der Waals surface area contributed by atoms with Crippen molar-refractivity contribution in [1.82, 2.24) is 0 Å². The first-order chi connectivity index (χ1) is 23.6. The topological polar surface area (TPSA) is 0 Å². The number of benzene rings is 2. The normalized spacial score (nSPS) is 11.5. The molecule has 0 saturated heterocycles. The molecular weight excluding hydrogens is 697 g/mol. The Morgan fingerprint density at radius 3 is 0.708 bits per heavy atom. The molecule has 0 N–H and O–H groups in total. The summed E-state index contributed by atoms with van der Waals surface area (Å²) in [5, 5.41) is 0. The van der Waals surface area contributed by atoms with Gasteiger partial charge in [-0.1, -0.05) is 75.2 Å². The molecule has 0 aliphatic carbocycles. The maximum atomic E-state index is 2.29. The fourth-order valence-electron chi connectivity index (χ4n) is 5.91. The third-order valence-electron chi connectivity index (χ3n) is 8.40. The van der Waals surface area contributed by atoms with Crippen molar-refractivity contribution in [2.24, 2.45) is 0 Å². The summed E-state index contributed by atoms with van der Waals surface area (Å²) in [4.78, 5) is 16.1. The second kappa shape index (κ2) is 14.2. The molecule has 0 aliphatic heterocycles. The highest BCUT2D eigenvalue weighted by molar-refractivity contribution is 7.30. The largest absolute Gasteiger partial charge is 0.134 e. The van der Waals surface area contributed by atoms with Crippen LogP contribution in [0.1, 0.15) is 37.8 Å². The van der Waals surface area contributed by atoms with Gasteiger partial charge in [-0.2, -0.15) is 0 Å². The summed E-state index contributed by atoms with van der Waals surface area (Å²) in [5.41, 5.74) is 5.46. The summed E-state index contributed by atoms with van der Waals surface area (Å²) in [7, 11) is 0. The van der Waals surface area contributed by atoms with Crippen molar-refractivity contribution in [2.75, 3.05) is 0 Å². The zero-order valence-electron chi connectivity index (χ0n) is 26.8. The van der Waals surface area contributed by atoms with Gasteiger partial charge in [0, 0.05) is 58.5 Å². The van der Waals surface area contributed by atoms with Crippen LogP contribution >= 0.6 is 68.0 Å². The SMILES string of the molecule is CCCc1ccc(-c2ccc(-c3ccc(-c4ccc(-c5ccc(-c6ccc(-c7ccc(-c8ccc(CCC)cc8)s7)s6)s5)s4)s3)s2)cc1. The van der Waals surface area contributed by atoms with Gasteiger partial charge < -0.3 is 0 Å². The van der Waals surface area contributed by atoms with Gasteiger partial charge in [0.1, 0.15) is 0 Å². The van der Waals surface area contributed by atoms with E-state index in [4.69, 9.17) is 0 Å². The first kappa shape index (κ1) is 31.9. The predicted molar refractivity (Wildman–Crippen MR) is 220 cm³/mol. The van der Waals surface area contributed by atoms with Gasteiger partial charge in [0.2, 0.25) is 0 Å². The summed E-state index contributed by atoms with van der Waals surface area (Å²) in [6.45, 7) is 4.47. The molecule has 6 heterocycles. The second-order valence-electron chi connectivity index (χ2n) is 11.9. The molecule has 0 fully saturated rings. The van der Waals surface area contributed by atoms with Crippen LogP contribution in [-0.4, -0.2) is 0 Å². The number of hydrogen-bond acceptors (Lipinski definition) is 6. The molecule has 2 aromatic carbocycles. The first-order valence-electron chi connectivity index (χ1n) is 16.4. The smallest absolute Gasteiger partial charge is 0.0449 e. The van der Waals surface area contributed by atoms with Crippen LogP contribution in [0.4, 0.5) is 0 Å². The lowest BCUT2D eigenvalue weighted by Crippen LogP contribution is -1.81. The molecule has 0 bridgehead atoms. The lowest BCUT2D eigenvalue weighted by atomic mass is 10.1. The number of thiophene rings is 6. The minimum absolute atomic E-state index is 1.15. The molecule has 0 atom stereocenters. The van der Waals surface area contributed by atoms with Crippen LogP contribution in [0.2, 0.25) is 0 Å². The average molecular weight is 731 g/mol. The minimum atomic E-state index is 1.15. The van der Waals surface area contributed by atoms with Crippen molar-refractivity contribution in [3.8, 4) is 69.7 Å². The highest BCUT2D eigenvalue weighted by atomic mass is 32.1. The van der Waals surface area contributed by atoms with E-state index in [1.807, 2.05) is 68.0 Å². The molecule has 0 unspecified atom stereocenters. The average Bonchev–Trinajstić information content (AvgIpc) is 3.95. The fourth-order valence-corrected chi connectivity index (χ4v) is 12.4. The van der Waals surface area contributed by atoms with E-state index < -0.39 is 0 Å². The maximum absolute atomic E-state index is 2.29. The summed E-state index contributed by atoms with van der Waals surface area (Å²) in [5.74, 6) is 0. The number of aryl methyl sites for hydroxylation is 2. The van der Waals surface area contributed by atoms with Crippen LogP contribution in [0.25, 0.3) is 69.7 Å². The van der Waals surface area contributed by atoms with Gasteiger partial charge in [0.25, 0.3) is 0 Å². The molecular formula is C42H34S6. The van der Waals surface area contributed by atoms with Crippen LogP contribution in [0.5, 0.6) is 0 Å². The van der Waals surface area contributed by atoms with Crippen LogP contribution < -0.4 is 0 Å². The zero-order valence-corrected chi connectivity index (χ0v) is 31.7. The highest BCUT2D eigenvalue weighted by Gasteiger charge is 2.14. The molecule has 6 heteroatoms. The molecule has 6 aromatic heterocycles. The lowest BCUT2D eigenvalue weighted by molar-refractivity contribution is 0.922. The predicted octanol–water partition coefficient (Wildman–Crippen LogP) is 15.6. The van der Waals surface area contributed by atoms with E-state index in [1.54, 1.807) is 0 Å². The van der Waals surface area contributed by atoms with Gasteiger partial charge >= 0.3 is 0 Å². The monoisotopic (exact) mass is 730 g/mol. The van der Waals surface area contributed by atoms with Gasteiger partial charge in [-0.05, 0) is 108 Å². The van der Waals surface area contributed by atoms with E-state index in [1.165, 1.54) is 93.6 Å². The zero-order chi connectivity index (χ0) is 32.5. The molecule has 48 heavy (non-hydrogen) atoms. The Labute approximate surface area is 307 Å². The van der Waals surface area contributed by atoms with Gasteiger partial charge in [0.05, 0.1) is 0 Å². The molecule has 0 radical (unpaired) electrons. The van der Waals surface area contributed by atoms with E-state index in [9.17, 15) is 0 Å². The van der Waals surface area contributed by atoms with Crippen molar-refractivity contribution < 1.29 is 0 Å². The molecule has 0 amide bonds. The summed E-state index contributed by atoms with van der Waals surface area (Å²) in [6, 6.07) is 45.6. The van der Waals surface area contributed by atoms with E-state index in [0.717, 1.165) is 12.8 Å². The molecule has 8 aromatic rings. The molecule has 0 aliphatic rings. The van der Waals surface area contributed by atoms with E-state index in [2.05, 4.69) is 135 Å². The van der Waals surface area contributed by atoms with Gasteiger partial charge in [-0.15, -0.1) is 68.0 Å². The Kier molecular flexibility index (Phi) is 9.46. The quantitative estimate of drug-likeness (QED) is 0.124. The minimum Gasteiger partial charge on any atom is -0.134 e. The summed E-state index contributed by atoms with van der Waals surface area (Å²) >= 11 is 11.4. The Balaban J connectivity index is 0.948. The van der Waals surface area contributed by atoms with Crippen LogP contribution in [0, 0.1) is 0 Å². The van der Waals surface area contributed by atoms with Crippen LogP contribution in [-0.2, 0) is 12.8 Å². The third kappa shape index (κ3) is 6.75. The van der Waals surface area contributed by atoms with Crippen molar-refractivity contribution in [3.63, 3.8) is 0 Å². The fraction of sp³-hybridized carbons (Fsp3) is 0.143. The van der Waals surface area contributed by atoms with Gasteiger partial charge in [0.15, 0.2) is 0 Å². The number of rotatable bonds is 11. The molecule has 0 saturated carbocycles. The van der Waals surface area contributed by atoms with Crippen molar-refractivity contribution in [3.05, 3.63) is 132 Å². The van der Waals surface area contributed by atoms with Crippen LogP contribution in [0.3, 0.4) is 0 Å². The standard InChI is InChI=1S/C42H34S6/c1-3-5-27-7-11-29(12-8-27)31-15-17-33(43-31)35-19-21-37(45-35)39-23-25-41(47-39)42-26-24-40(48-42)38-22-20-36(46-38)34-18-16-32(44-34)30-13-9-28(6-4-2)10-14-30/h7-26H,3-6H2,1-2H3. The summed E-state index contributed by atoms with van der Waals surface area (Å²) in [6.07, 6.45) is 4.67. The molecule has 8 rings (SSSR count). The van der Waals surface area contributed by atoms with Crippen molar-refractivity contribution in [1.29, 1.82) is 0 Å². The van der Waals surface area contributed by atoms with E-state index >= 15 is 0 Å². The second-order valence-corrected chi connectivity index (χ2v) is 18.4. The molecule has 0 spiro atoms. The van der Waals surface area contributed by atoms with Crippen molar-refractivity contribution >= 4 is 68.0 Å². The van der Waals surface area contributed by atoms with E-state index in [0.29, 0.717) is 0 Å².